The molecule has 0 saturated heterocycles. The van der Waals surface area contributed by atoms with E-state index in [0.717, 1.165) is 28.9 Å². The van der Waals surface area contributed by atoms with Crippen LogP contribution in [0, 0.1) is 0 Å². The predicted molar refractivity (Wildman–Crippen MR) is 96.8 cm³/mol. The molecule has 4 heteroatoms. The summed E-state index contributed by atoms with van der Waals surface area (Å²) in [7, 11) is 1.70. The maximum atomic E-state index is 12.0. The van der Waals surface area contributed by atoms with Gasteiger partial charge in [-0.15, -0.1) is 0 Å². The number of esters is 1. The zero-order valence-electron chi connectivity index (χ0n) is 16.2. The fraction of sp³-hybridized carbons (Fsp3) is 0.650. The summed E-state index contributed by atoms with van der Waals surface area (Å²) in [4.78, 5) is 12.0. The van der Waals surface area contributed by atoms with Crippen molar-refractivity contribution in [2.24, 2.45) is 0 Å². The van der Waals surface area contributed by atoms with Gasteiger partial charge in [-0.25, -0.2) is 0 Å². The number of methoxy groups -OCH3 is 1. The number of ether oxygens (including phenoxy) is 2. The standard InChI is InChI=1S/C20H32O4/c1-8-20(5,6)16-12-14(13-17(22)24-10-9-21)11-15(18(16)23-7)19(2,3)4/h11-12,21H,8-10,13H2,1-7H3. The molecular weight excluding hydrogens is 304 g/mol. The number of hydrogen-bond donors (Lipinski definition) is 1. The second-order valence-corrected chi connectivity index (χ2v) is 7.83. The van der Waals surface area contributed by atoms with Crippen molar-refractivity contribution >= 4 is 5.97 Å². The Morgan fingerprint density at radius 2 is 1.71 bits per heavy atom. The molecule has 136 valence electrons. The number of rotatable bonds is 7. The van der Waals surface area contributed by atoms with Gasteiger partial charge in [0.25, 0.3) is 0 Å². The molecule has 0 fully saturated rings. The number of aliphatic hydroxyl groups excluding tert-OH is 1. The zero-order valence-corrected chi connectivity index (χ0v) is 16.2. The summed E-state index contributed by atoms with van der Waals surface area (Å²) >= 11 is 0. The van der Waals surface area contributed by atoms with Gasteiger partial charge in [-0.05, 0) is 22.8 Å². The van der Waals surface area contributed by atoms with Crippen molar-refractivity contribution in [2.45, 2.75) is 65.2 Å². The Kier molecular flexibility index (Phi) is 6.85. The molecule has 0 spiro atoms. The first-order chi connectivity index (χ1) is 11.1. The maximum Gasteiger partial charge on any atom is 0.310 e. The number of hydrogen-bond acceptors (Lipinski definition) is 4. The fourth-order valence-electron chi connectivity index (χ4n) is 2.64. The second kappa shape index (κ2) is 8.02. The quantitative estimate of drug-likeness (QED) is 0.770. The van der Waals surface area contributed by atoms with Crippen molar-refractivity contribution in [3.05, 3.63) is 28.8 Å². The number of aliphatic hydroxyl groups is 1. The van der Waals surface area contributed by atoms with E-state index in [1.54, 1.807) is 7.11 Å². The molecule has 0 heterocycles. The molecule has 1 aromatic rings. The van der Waals surface area contributed by atoms with E-state index in [0.29, 0.717) is 0 Å². The van der Waals surface area contributed by atoms with Crippen LogP contribution >= 0.6 is 0 Å². The van der Waals surface area contributed by atoms with E-state index in [1.165, 1.54) is 0 Å². The molecule has 0 atom stereocenters. The van der Waals surface area contributed by atoms with E-state index < -0.39 is 0 Å². The third kappa shape index (κ3) is 4.97. The highest BCUT2D eigenvalue weighted by molar-refractivity contribution is 5.73. The predicted octanol–water partition coefficient (Wildman–Crippen LogP) is 3.76. The highest BCUT2D eigenvalue weighted by Gasteiger charge is 2.29. The fourth-order valence-corrected chi connectivity index (χ4v) is 2.64. The summed E-state index contributed by atoms with van der Waals surface area (Å²) in [6.07, 6.45) is 1.16. The Morgan fingerprint density at radius 3 is 2.17 bits per heavy atom. The Hall–Kier alpha value is -1.55. The summed E-state index contributed by atoms with van der Waals surface area (Å²) in [5.74, 6) is 0.580. The zero-order chi connectivity index (χ0) is 18.5. The summed E-state index contributed by atoms with van der Waals surface area (Å²) in [6, 6.07) is 4.09. The van der Waals surface area contributed by atoms with E-state index in [1.807, 2.05) is 6.07 Å². The van der Waals surface area contributed by atoms with Crippen LogP contribution in [-0.4, -0.2) is 31.4 Å². The first kappa shape index (κ1) is 20.5. The van der Waals surface area contributed by atoms with Gasteiger partial charge in [-0.1, -0.05) is 53.7 Å². The SMILES string of the molecule is CCC(C)(C)c1cc(CC(=O)OCCO)cc(C(C)(C)C)c1OC. The van der Waals surface area contributed by atoms with Crippen molar-refractivity contribution in [3.63, 3.8) is 0 Å². The normalized spacial score (nSPS) is 12.2. The molecule has 0 aromatic heterocycles. The largest absolute Gasteiger partial charge is 0.496 e. The molecule has 1 aromatic carbocycles. The van der Waals surface area contributed by atoms with Gasteiger partial charge in [0.15, 0.2) is 0 Å². The molecule has 1 N–H and O–H groups in total. The van der Waals surface area contributed by atoms with Gasteiger partial charge < -0.3 is 14.6 Å². The maximum absolute atomic E-state index is 12.0. The van der Waals surface area contributed by atoms with Gasteiger partial charge in [-0.3, -0.25) is 4.79 Å². The Labute approximate surface area is 146 Å². The van der Waals surface area contributed by atoms with Crippen LogP contribution in [-0.2, 0) is 26.8 Å². The highest BCUT2D eigenvalue weighted by atomic mass is 16.5. The summed E-state index contributed by atoms with van der Waals surface area (Å²) in [5, 5.41) is 8.79. The lowest BCUT2D eigenvalue weighted by atomic mass is 9.76. The van der Waals surface area contributed by atoms with Gasteiger partial charge in [0, 0.05) is 11.1 Å². The molecular formula is C20H32O4. The molecule has 0 amide bonds. The van der Waals surface area contributed by atoms with E-state index in [4.69, 9.17) is 14.6 Å². The molecule has 0 bridgehead atoms. The minimum atomic E-state index is -0.325. The average molecular weight is 336 g/mol. The first-order valence-electron chi connectivity index (χ1n) is 8.55. The molecule has 24 heavy (non-hydrogen) atoms. The van der Waals surface area contributed by atoms with Crippen molar-refractivity contribution in [1.29, 1.82) is 0 Å². The van der Waals surface area contributed by atoms with Crippen LogP contribution < -0.4 is 4.74 Å². The lowest BCUT2D eigenvalue weighted by molar-refractivity contribution is -0.143. The third-order valence-corrected chi connectivity index (χ3v) is 4.48. The summed E-state index contributed by atoms with van der Waals surface area (Å²) < 4.78 is 10.8. The molecule has 0 aliphatic rings. The van der Waals surface area contributed by atoms with Crippen LogP contribution in [0.5, 0.6) is 5.75 Å². The second-order valence-electron chi connectivity index (χ2n) is 7.83. The smallest absolute Gasteiger partial charge is 0.310 e. The number of benzene rings is 1. The summed E-state index contributed by atoms with van der Waals surface area (Å²) in [5.41, 5.74) is 2.96. The molecule has 1 rings (SSSR count). The van der Waals surface area contributed by atoms with Crippen molar-refractivity contribution < 1.29 is 19.4 Å². The van der Waals surface area contributed by atoms with Crippen molar-refractivity contribution in [1.82, 2.24) is 0 Å². The molecule has 0 radical (unpaired) electrons. The highest BCUT2D eigenvalue weighted by Crippen LogP contribution is 2.41. The lowest BCUT2D eigenvalue weighted by Gasteiger charge is -2.31. The number of carbonyl (C=O) groups is 1. The molecule has 0 aliphatic heterocycles. The topological polar surface area (TPSA) is 55.8 Å². The van der Waals surface area contributed by atoms with Gasteiger partial charge in [0.05, 0.1) is 20.1 Å². The lowest BCUT2D eigenvalue weighted by Crippen LogP contribution is -2.22. The van der Waals surface area contributed by atoms with Crippen molar-refractivity contribution in [2.75, 3.05) is 20.3 Å². The van der Waals surface area contributed by atoms with E-state index >= 15 is 0 Å². The van der Waals surface area contributed by atoms with Crippen LogP contribution in [0.25, 0.3) is 0 Å². The Bertz CT molecular complexity index is 568. The van der Waals surface area contributed by atoms with E-state index in [2.05, 4.69) is 47.6 Å². The van der Waals surface area contributed by atoms with Crippen LogP contribution in [0.1, 0.15) is 64.7 Å². The molecule has 0 saturated carbocycles. The minimum Gasteiger partial charge on any atom is -0.496 e. The molecule has 4 nitrogen and oxygen atoms in total. The monoisotopic (exact) mass is 336 g/mol. The van der Waals surface area contributed by atoms with Gasteiger partial charge in [0.2, 0.25) is 0 Å². The van der Waals surface area contributed by atoms with E-state index in [9.17, 15) is 4.79 Å². The minimum absolute atomic E-state index is 0.0361. The number of carbonyl (C=O) groups excluding carboxylic acids is 1. The van der Waals surface area contributed by atoms with E-state index in [-0.39, 0.29) is 36.4 Å². The third-order valence-electron chi connectivity index (χ3n) is 4.48. The van der Waals surface area contributed by atoms with Crippen LogP contribution in [0.15, 0.2) is 12.1 Å². The first-order valence-corrected chi connectivity index (χ1v) is 8.55. The van der Waals surface area contributed by atoms with Crippen molar-refractivity contribution in [3.8, 4) is 5.75 Å². The van der Waals surface area contributed by atoms with Gasteiger partial charge in [0.1, 0.15) is 12.4 Å². The van der Waals surface area contributed by atoms with Crippen LogP contribution in [0.4, 0.5) is 0 Å². The van der Waals surface area contributed by atoms with Crippen LogP contribution in [0.2, 0.25) is 0 Å². The van der Waals surface area contributed by atoms with Gasteiger partial charge >= 0.3 is 5.97 Å². The molecule has 0 aliphatic carbocycles. The van der Waals surface area contributed by atoms with Gasteiger partial charge in [-0.2, -0.15) is 0 Å². The summed E-state index contributed by atoms with van der Waals surface area (Å²) in [6.45, 7) is 12.8. The Balaban J connectivity index is 3.42. The average Bonchev–Trinajstić information content (AvgIpc) is 2.51. The van der Waals surface area contributed by atoms with Crippen LogP contribution in [0.3, 0.4) is 0 Å². The Morgan fingerprint density at radius 1 is 1.12 bits per heavy atom. The molecule has 0 unspecified atom stereocenters.